The highest BCUT2D eigenvalue weighted by Crippen LogP contribution is 2.11. The molecular weight excluding hydrogens is 296 g/mol. The van der Waals surface area contributed by atoms with Crippen LogP contribution in [-0.2, 0) is 16.2 Å². The van der Waals surface area contributed by atoms with E-state index in [1.165, 1.54) is 4.90 Å². The summed E-state index contributed by atoms with van der Waals surface area (Å²) in [7, 11) is 0. The van der Waals surface area contributed by atoms with Crippen molar-refractivity contribution >= 4 is 11.8 Å². The molecule has 1 saturated heterocycles. The molecule has 0 radical (unpaired) electrons. The minimum atomic E-state index is -0.807. The Labute approximate surface area is 136 Å². The minimum absolute atomic E-state index is 0.193. The van der Waals surface area contributed by atoms with E-state index in [1.807, 2.05) is 37.3 Å². The molecule has 0 saturated carbocycles. The predicted molar refractivity (Wildman–Crippen MR) is 87.1 cm³/mol. The maximum atomic E-state index is 11.8. The van der Waals surface area contributed by atoms with Gasteiger partial charge in [0, 0.05) is 13.0 Å². The molecule has 1 fully saturated rings. The Morgan fingerprint density at radius 3 is 2.87 bits per heavy atom. The molecule has 1 aromatic carbocycles. The molecule has 1 atom stereocenters. The average Bonchev–Trinajstić information content (AvgIpc) is 2.57. The SMILES string of the molecule is CCCCOC(=O)N1CCC(=NOCc2ccccc2)C(O)C1. The van der Waals surface area contributed by atoms with Gasteiger partial charge in [-0.1, -0.05) is 48.8 Å². The Morgan fingerprint density at radius 2 is 2.17 bits per heavy atom. The Hall–Kier alpha value is -2.08. The second-order valence-electron chi connectivity index (χ2n) is 5.52. The number of piperidine rings is 1. The summed E-state index contributed by atoms with van der Waals surface area (Å²) in [5, 5.41) is 14.1. The molecule has 0 spiro atoms. The van der Waals surface area contributed by atoms with E-state index in [2.05, 4.69) is 5.16 Å². The molecule has 2 rings (SSSR count). The molecule has 6 nitrogen and oxygen atoms in total. The second-order valence-corrected chi connectivity index (χ2v) is 5.52. The molecule has 1 amide bonds. The van der Waals surface area contributed by atoms with Gasteiger partial charge in [-0.25, -0.2) is 4.79 Å². The lowest BCUT2D eigenvalue weighted by atomic mass is 10.1. The van der Waals surface area contributed by atoms with Crippen LogP contribution in [0.4, 0.5) is 4.79 Å². The minimum Gasteiger partial charge on any atom is -0.449 e. The maximum absolute atomic E-state index is 11.8. The highest BCUT2D eigenvalue weighted by molar-refractivity contribution is 5.90. The quantitative estimate of drug-likeness (QED) is 0.646. The van der Waals surface area contributed by atoms with Crippen LogP contribution in [0.1, 0.15) is 31.7 Å². The zero-order valence-corrected chi connectivity index (χ0v) is 13.5. The number of carbonyl (C=O) groups excluding carboxylic acids is 1. The van der Waals surface area contributed by atoms with Gasteiger partial charge in [0.05, 0.1) is 18.9 Å². The Bertz CT molecular complexity index is 519. The number of rotatable bonds is 6. The van der Waals surface area contributed by atoms with Crippen LogP contribution in [0.3, 0.4) is 0 Å². The van der Waals surface area contributed by atoms with Gasteiger partial charge in [-0.05, 0) is 12.0 Å². The number of benzene rings is 1. The van der Waals surface area contributed by atoms with Crippen LogP contribution < -0.4 is 0 Å². The molecule has 126 valence electrons. The number of likely N-dealkylation sites (tertiary alicyclic amines) is 1. The summed E-state index contributed by atoms with van der Waals surface area (Å²) in [6, 6.07) is 9.71. The molecule has 1 N–H and O–H groups in total. The molecule has 0 bridgehead atoms. The molecule has 6 heteroatoms. The number of oxime groups is 1. The number of hydrogen-bond acceptors (Lipinski definition) is 5. The standard InChI is InChI=1S/C17H24N2O4/c1-2-3-11-22-17(21)19-10-9-15(16(20)12-19)18-23-13-14-7-5-4-6-8-14/h4-8,16,20H,2-3,9-13H2,1H3. The monoisotopic (exact) mass is 320 g/mol. The summed E-state index contributed by atoms with van der Waals surface area (Å²) in [6.45, 7) is 3.49. The van der Waals surface area contributed by atoms with E-state index in [1.54, 1.807) is 0 Å². The smallest absolute Gasteiger partial charge is 0.409 e. The number of nitrogens with zero attached hydrogens (tertiary/aromatic N) is 2. The summed E-state index contributed by atoms with van der Waals surface area (Å²) in [5.41, 5.74) is 1.59. The van der Waals surface area contributed by atoms with Crippen molar-refractivity contribution in [2.75, 3.05) is 19.7 Å². The molecule has 1 aromatic rings. The topological polar surface area (TPSA) is 71.4 Å². The van der Waals surface area contributed by atoms with E-state index in [0.29, 0.717) is 31.9 Å². The van der Waals surface area contributed by atoms with Crippen molar-refractivity contribution in [2.24, 2.45) is 5.16 Å². The number of β-amino-alcohol motifs (C(OH)–C–C–N with tert-alkyl or cyclic N) is 1. The van der Waals surface area contributed by atoms with Gasteiger partial charge in [0.1, 0.15) is 12.7 Å². The first-order valence-electron chi connectivity index (χ1n) is 8.03. The normalized spacial score (nSPS) is 19.7. The fourth-order valence-corrected chi connectivity index (χ4v) is 2.25. The lowest BCUT2D eigenvalue weighted by molar-refractivity contribution is 0.0754. The number of ether oxygens (including phenoxy) is 1. The summed E-state index contributed by atoms with van der Waals surface area (Å²) in [6.07, 6.45) is 1.13. The van der Waals surface area contributed by atoms with Crippen LogP contribution in [0.25, 0.3) is 0 Å². The lowest BCUT2D eigenvalue weighted by Gasteiger charge is -2.30. The van der Waals surface area contributed by atoms with Crippen molar-refractivity contribution in [2.45, 2.75) is 38.9 Å². The molecule has 1 aliphatic rings. The summed E-state index contributed by atoms with van der Waals surface area (Å²) < 4.78 is 5.15. The Kier molecular flexibility index (Phi) is 6.87. The molecule has 0 aromatic heterocycles. The van der Waals surface area contributed by atoms with Gasteiger partial charge < -0.3 is 19.6 Å². The molecule has 0 aliphatic carbocycles. The van der Waals surface area contributed by atoms with Crippen LogP contribution in [0.15, 0.2) is 35.5 Å². The average molecular weight is 320 g/mol. The van der Waals surface area contributed by atoms with Crippen molar-refractivity contribution in [3.8, 4) is 0 Å². The summed E-state index contributed by atoms with van der Waals surface area (Å²) in [4.78, 5) is 18.7. The van der Waals surface area contributed by atoms with Gasteiger partial charge in [-0.2, -0.15) is 0 Å². The zero-order chi connectivity index (χ0) is 16.5. The molecule has 1 unspecified atom stereocenters. The summed E-state index contributed by atoms with van der Waals surface area (Å²) in [5.74, 6) is 0. The predicted octanol–water partition coefficient (Wildman–Crippen LogP) is 2.56. The zero-order valence-electron chi connectivity index (χ0n) is 13.5. The van der Waals surface area contributed by atoms with Crippen molar-refractivity contribution in [1.82, 2.24) is 4.90 Å². The van der Waals surface area contributed by atoms with E-state index in [9.17, 15) is 9.90 Å². The fraction of sp³-hybridized carbons (Fsp3) is 0.529. The van der Waals surface area contributed by atoms with Crippen molar-refractivity contribution in [3.05, 3.63) is 35.9 Å². The third-order valence-corrected chi connectivity index (χ3v) is 3.65. The van der Waals surface area contributed by atoms with E-state index >= 15 is 0 Å². The van der Waals surface area contributed by atoms with Crippen LogP contribution >= 0.6 is 0 Å². The third-order valence-electron chi connectivity index (χ3n) is 3.65. The molecule has 1 heterocycles. The lowest BCUT2D eigenvalue weighted by Crippen LogP contribution is -2.47. The Morgan fingerprint density at radius 1 is 1.39 bits per heavy atom. The van der Waals surface area contributed by atoms with Crippen LogP contribution in [0, 0.1) is 0 Å². The highest BCUT2D eigenvalue weighted by atomic mass is 16.6. The largest absolute Gasteiger partial charge is 0.449 e. The number of aliphatic hydroxyl groups excluding tert-OH is 1. The van der Waals surface area contributed by atoms with E-state index in [0.717, 1.165) is 18.4 Å². The summed E-state index contributed by atoms with van der Waals surface area (Å²) >= 11 is 0. The first kappa shape index (κ1) is 17.3. The van der Waals surface area contributed by atoms with Gasteiger partial charge in [0.2, 0.25) is 0 Å². The van der Waals surface area contributed by atoms with E-state index in [4.69, 9.17) is 9.57 Å². The number of amides is 1. The van der Waals surface area contributed by atoms with Gasteiger partial charge in [0.25, 0.3) is 0 Å². The first-order chi connectivity index (χ1) is 11.2. The van der Waals surface area contributed by atoms with Crippen molar-refractivity contribution in [3.63, 3.8) is 0 Å². The van der Waals surface area contributed by atoms with Crippen LogP contribution in [0.2, 0.25) is 0 Å². The van der Waals surface area contributed by atoms with Gasteiger partial charge in [-0.15, -0.1) is 0 Å². The van der Waals surface area contributed by atoms with Crippen molar-refractivity contribution < 1.29 is 19.5 Å². The van der Waals surface area contributed by atoms with Crippen LogP contribution in [-0.4, -0.2) is 47.6 Å². The van der Waals surface area contributed by atoms with Gasteiger partial charge in [-0.3, -0.25) is 0 Å². The maximum Gasteiger partial charge on any atom is 0.409 e. The number of aliphatic hydroxyl groups is 1. The van der Waals surface area contributed by atoms with E-state index in [-0.39, 0.29) is 12.6 Å². The first-order valence-corrected chi connectivity index (χ1v) is 8.03. The number of unbranched alkanes of at least 4 members (excludes halogenated alkanes) is 1. The van der Waals surface area contributed by atoms with E-state index < -0.39 is 6.10 Å². The fourth-order valence-electron chi connectivity index (χ4n) is 2.25. The Balaban J connectivity index is 1.77. The number of carbonyl (C=O) groups is 1. The van der Waals surface area contributed by atoms with Gasteiger partial charge >= 0.3 is 6.09 Å². The highest BCUT2D eigenvalue weighted by Gasteiger charge is 2.28. The third kappa shape index (κ3) is 5.56. The number of hydrogen-bond donors (Lipinski definition) is 1. The second kappa shape index (κ2) is 9.15. The van der Waals surface area contributed by atoms with Crippen molar-refractivity contribution in [1.29, 1.82) is 0 Å². The molecule has 1 aliphatic heterocycles. The molecular formula is C17H24N2O4. The van der Waals surface area contributed by atoms with Gasteiger partial charge in [0.15, 0.2) is 0 Å². The molecule has 23 heavy (non-hydrogen) atoms. The van der Waals surface area contributed by atoms with Crippen LogP contribution in [0.5, 0.6) is 0 Å².